The molecule has 0 radical (unpaired) electrons. The molecule has 0 atom stereocenters. The first-order valence-corrected chi connectivity index (χ1v) is 10.7. The number of nitrogens with one attached hydrogen (secondary N) is 1. The molecule has 170 valence electrons. The molecule has 1 aliphatic rings. The van der Waals surface area contributed by atoms with Gasteiger partial charge in [-0.1, -0.05) is 32.0 Å². The van der Waals surface area contributed by atoms with E-state index in [4.69, 9.17) is 14.2 Å². The van der Waals surface area contributed by atoms with Crippen molar-refractivity contribution < 1.29 is 23.8 Å². The standard InChI is InChI=1S/C25H30N2O5/c1-17(2)16-32-20-11-9-18(10-12-20)22-23(26-19-7-5-8-21(15-19)31-4)25(29)27(24(22)28)13-6-14-30-3/h5,7-12,15,17,26H,6,13-14,16H2,1-4H3. The fourth-order valence-corrected chi connectivity index (χ4v) is 3.36. The van der Waals surface area contributed by atoms with E-state index in [0.717, 1.165) is 5.75 Å². The Bertz CT molecular complexity index is 982. The fourth-order valence-electron chi connectivity index (χ4n) is 3.36. The number of nitrogens with zero attached hydrogens (tertiary/aromatic N) is 1. The second kappa shape index (κ2) is 10.8. The van der Waals surface area contributed by atoms with Crippen LogP contribution >= 0.6 is 0 Å². The number of methoxy groups -OCH3 is 2. The topological polar surface area (TPSA) is 77.1 Å². The summed E-state index contributed by atoms with van der Waals surface area (Å²) in [6.45, 7) is 5.52. The van der Waals surface area contributed by atoms with E-state index in [2.05, 4.69) is 19.2 Å². The molecule has 0 fully saturated rings. The molecule has 32 heavy (non-hydrogen) atoms. The van der Waals surface area contributed by atoms with E-state index >= 15 is 0 Å². The molecule has 0 aliphatic carbocycles. The van der Waals surface area contributed by atoms with Crippen LogP contribution < -0.4 is 14.8 Å². The second-order valence-electron chi connectivity index (χ2n) is 7.94. The van der Waals surface area contributed by atoms with Crippen LogP contribution in [0.1, 0.15) is 25.8 Å². The van der Waals surface area contributed by atoms with Gasteiger partial charge in [-0.15, -0.1) is 0 Å². The fraction of sp³-hybridized carbons (Fsp3) is 0.360. The Morgan fingerprint density at radius 1 is 0.969 bits per heavy atom. The van der Waals surface area contributed by atoms with Gasteiger partial charge in [0.1, 0.15) is 17.2 Å². The Morgan fingerprint density at radius 3 is 2.38 bits per heavy atom. The van der Waals surface area contributed by atoms with Crippen molar-refractivity contribution in [2.24, 2.45) is 5.92 Å². The van der Waals surface area contributed by atoms with Gasteiger partial charge >= 0.3 is 0 Å². The number of anilines is 1. The maximum atomic E-state index is 13.2. The van der Waals surface area contributed by atoms with Crippen molar-refractivity contribution in [3.63, 3.8) is 0 Å². The zero-order chi connectivity index (χ0) is 23.1. The predicted molar refractivity (Wildman–Crippen MR) is 124 cm³/mol. The first-order chi connectivity index (χ1) is 15.4. The zero-order valence-electron chi connectivity index (χ0n) is 19.0. The van der Waals surface area contributed by atoms with Crippen LogP contribution in [0.4, 0.5) is 5.69 Å². The van der Waals surface area contributed by atoms with E-state index in [-0.39, 0.29) is 24.1 Å². The number of carbonyl (C=O) groups excluding carboxylic acids is 2. The van der Waals surface area contributed by atoms with Gasteiger partial charge in [0.25, 0.3) is 11.8 Å². The third-order valence-corrected chi connectivity index (χ3v) is 4.96. The molecule has 0 spiro atoms. The molecule has 0 aromatic heterocycles. The van der Waals surface area contributed by atoms with Crippen molar-refractivity contribution >= 4 is 23.1 Å². The van der Waals surface area contributed by atoms with Crippen LogP contribution in [0.2, 0.25) is 0 Å². The largest absolute Gasteiger partial charge is 0.497 e. The summed E-state index contributed by atoms with van der Waals surface area (Å²) < 4.78 is 16.1. The summed E-state index contributed by atoms with van der Waals surface area (Å²) in [5.41, 5.74) is 1.90. The van der Waals surface area contributed by atoms with Gasteiger partial charge in [-0.25, -0.2) is 0 Å². The number of rotatable bonds is 11. The van der Waals surface area contributed by atoms with Gasteiger partial charge in [0, 0.05) is 32.0 Å². The molecule has 1 aliphatic heterocycles. The molecule has 2 amide bonds. The lowest BCUT2D eigenvalue weighted by atomic mass is 10.0. The lowest BCUT2D eigenvalue weighted by Gasteiger charge is -2.15. The van der Waals surface area contributed by atoms with Crippen molar-refractivity contribution in [1.82, 2.24) is 4.90 Å². The van der Waals surface area contributed by atoms with E-state index in [0.29, 0.717) is 48.1 Å². The van der Waals surface area contributed by atoms with Gasteiger partial charge in [-0.2, -0.15) is 0 Å². The highest BCUT2D eigenvalue weighted by molar-refractivity contribution is 6.36. The third kappa shape index (κ3) is 5.48. The average molecular weight is 439 g/mol. The molecular formula is C25H30N2O5. The number of amides is 2. The van der Waals surface area contributed by atoms with Crippen LogP contribution in [0, 0.1) is 5.92 Å². The summed E-state index contributed by atoms with van der Waals surface area (Å²) in [5, 5.41) is 3.14. The highest BCUT2D eigenvalue weighted by Gasteiger charge is 2.38. The molecule has 2 aromatic carbocycles. The molecule has 2 aromatic rings. The minimum absolute atomic E-state index is 0.247. The molecule has 3 rings (SSSR count). The van der Waals surface area contributed by atoms with Crippen molar-refractivity contribution in [3.8, 4) is 11.5 Å². The molecular weight excluding hydrogens is 408 g/mol. The molecule has 1 N–H and O–H groups in total. The van der Waals surface area contributed by atoms with Crippen LogP contribution in [0.25, 0.3) is 5.57 Å². The zero-order valence-corrected chi connectivity index (χ0v) is 19.0. The Kier molecular flexibility index (Phi) is 7.89. The number of benzene rings is 2. The van der Waals surface area contributed by atoms with E-state index in [1.165, 1.54) is 4.90 Å². The SMILES string of the molecule is COCCCN1C(=O)C(Nc2cccc(OC)c2)=C(c2ccc(OCC(C)C)cc2)C1=O. The Morgan fingerprint density at radius 2 is 1.72 bits per heavy atom. The summed E-state index contributed by atoms with van der Waals surface area (Å²) in [5.74, 6) is 1.10. The van der Waals surface area contributed by atoms with Gasteiger partial charge < -0.3 is 19.5 Å². The van der Waals surface area contributed by atoms with Gasteiger partial charge in [0.15, 0.2) is 0 Å². The molecule has 0 unspecified atom stereocenters. The number of hydrogen-bond acceptors (Lipinski definition) is 6. The molecule has 0 saturated carbocycles. The predicted octanol–water partition coefficient (Wildman–Crippen LogP) is 3.96. The van der Waals surface area contributed by atoms with Crippen LogP contribution in [-0.4, -0.2) is 50.7 Å². The summed E-state index contributed by atoms with van der Waals surface area (Å²) in [4.78, 5) is 27.7. The highest BCUT2D eigenvalue weighted by atomic mass is 16.5. The van der Waals surface area contributed by atoms with Crippen LogP contribution in [0.5, 0.6) is 11.5 Å². The number of carbonyl (C=O) groups is 2. The van der Waals surface area contributed by atoms with E-state index < -0.39 is 0 Å². The van der Waals surface area contributed by atoms with E-state index in [1.807, 2.05) is 42.5 Å². The number of imide groups is 1. The maximum Gasteiger partial charge on any atom is 0.278 e. The summed E-state index contributed by atoms with van der Waals surface area (Å²) in [6.07, 6.45) is 0.565. The minimum Gasteiger partial charge on any atom is -0.497 e. The summed E-state index contributed by atoms with van der Waals surface area (Å²) >= 11 is 0. The Balaban J connectivity index is 1.93. The van der Waals surface area contributed by atoms with Crippen molar-refractivity contribution in [1.29, 1.82) is 0 Å². The normalized spacial score (nSPS) is 13.8. The van der Waals surface area contributed by atoms with Gasteiger partial charge in [-0.05, 0) is 42.2 Å². The van der Waals surface area contributed by atoms with Crippen molar-refractivity contribution in [2.45, 2.75) is 20.3 Å². The lowest BCUT2D eigenvalue weighted by molar-refractivity contribution is -0.136. The van der Waals surface area contributed by atoms with Crippen LogP contribution in [-0.2, 0) is 14.3 Å². The quantitative estimate of drug-likeness (QED) is 0.423. The van der Waals surface area contributed by atoms with Gasteiger partial charge in [0.2, 0.25) is 0 Å². The molecule has 0 saturated heterocycles. The monoisotopic (exact) mass is 438 g/mol. The lowest BCUT2D eigenvalue weighted by Crippen LogP contribution is -2.33. The van der Waals surface area contributed by atoms with Crippen molar-refractivity contribution in [2.75, 3.05) is 39.3 Å². The van der Waals surface area contributed by atoms with Gasteiger partial charge in [-0.3, -0.25) is 14.5 Å². The summed E-state index contributed by atoms with van der Waals surface area (Å²) in [7, 11) is 3.17. The van der Waals surface area contributed by atoms with Crippen LogP contribution in [0.3, 0.4) is 0 Å². The first-order valence-electron chi connectivity index (χ1n) is 10.7. The van der Waals surface area contributed by atoms with Crippen LogP contribution in [0.15, 0.2) is 54.2 Å². The van der Waals surface area contributed by atoms with Crippen molar-refractivity contribution in [3.05, 3.63) is 59.8 Å². The van der Waals surface area contributed by atoms with E-state index in [1.54, 1.807) is 20.3 Å². The molecule has 0 bridgehead atoms. The molecule has 7 nitrogen and oxygen atoms in total. The highest BCUT2D eigenvalue weighted by Crippen LogP contribution is 2.32. The van der Waals surface area contributed by atoms with Gasteiger partial charge in [0.05, 0.1) is 19.3 Å². The summed E-state index contributed by atoms with van der Waals surface area (Å²) in [6, 6.07) is 14.5. The first kappa shape index (κ1) is 23.3. The number of hydrogen-bond donors (Lipinski definition) is 1. The second-order valence-corrected chi connectivity index (χ2v) is 7.94. The molecule has 1 heterocycles. The smallest absolute Gasteiger partial charge is 0.278 e. The van der Waals surface area contributed by atoms with E-state index in [9.17, 15) is 9.59 Å². The number of ether oxygens (including phenoxy) is 3. The third-order valence-electron chi connectivity index (χ3n) is 4.96. The average Bonchev–Trinajstić information content (AvgIpc) is 3.02. The minimum atomic E-state index is -0.357. The maximum absolute atomic E-state index is 13.2. The Hall–Kier alpha value is -3.32. The molecule has 7 heteroatoms. The Labute approximate surface area is 189 Å².